The normalized spacial score (nSPS) is 12.9. The van der Waals surface area contributed by atoms with Gasteiger partial charge in [-0.25, -0.2) is 4.98 Å². The predicted molar refractivity (Wildman–Crippen MR) is 72.4 cm³/mol. The van der Waals surface area contributed by atoms with Gasteiger partial charge < -0.3 is 5.32 Å². The highest BCUT2D eigenvalue weighted by atomic mass is 32.2. The number of nitrogens with zero attached hydrogens (tertiary/aromatic N) is 2. The Kier molecular flexibility index (Phi) is 7.00. The Balaban J connectivity index is 2.20. The van der Waals surface area contributed by atoms with E-state index in [2.05, 4.69) is 35.4 Å². The third-order valence-electron chi connectivity index (χ3n) is 2.21. The molecule has 3 nitrogen and oxygen atoms in total. The smallest absolute Gasteiger partial charge is 0.170 e. The fraction of sp³-hybridized carbons (Fsp3) is 0.818. The van der Waals surface area contributed by atoms with E-state index in [1.807, 2.05) is 11.8 Å². The third-order valence-corrected chi connectivity index (χ3v) is 4.13. The number of hydrogen-bond acceptors (Lipinski definition) is 5. The highest BCUT2D eigenvalue weighted by Crippen LogP contribution is 2.24. The van der Waals surface area contributed by atoms with E-state index in [1.54, 1.807) is 0 Å². The molecule has 0 bridgehead atoms. The summed E-state index contributed by atoms with van der Waals surface area (Å²) in [6, 6.07) is 0. The van der Waals surface area contributed by atoms with Crippen molar-refractivity contribution in [2.45, 2.75) is 49.6 Å². The van der Waals surface area contributed by atoms with Gasteiger partial charge in [-0.3, -0.25) is 0 Å². The van der Waals surface area contributed by atoms with Gasteiger partial charge in [0.05, 0.1) is 0 Å². The van der Waals surface area contributed by atoms with Crippen molar-refractivity contribution in [3.63, 3.8) is 0 Å². The van der Waals surface area contributed by atoms with E-state index in [1.165, 1.54) is 24.4 Å². The molecule has 1 heterocycles. The summed E-state index contributed by atoms with van der Waals surface area (Å²) in [5.41, 5.74) is 0. The topological polar surface area (TPSA) is 37.8 Å². The van der Waals surface area contributed by atoms with E-state index in [9.17, 15) is 0 Å². The molecule has 1 N–H and O–H groups in total. The number of thioether (sulfide) groups is 1. The Morgan fingerprint density at radius 3 is 2.88 bits per heavy atom. The molecular weight excluding hydrogens is 238 g/mol. The average molecular weight is 259 g/mol. The van der Waals surface area contributed by atoms with Gasteiger partial charge in [0.2, 0.25) is 0 Å². The molecule has 5 heteroatoms. The lowest BCUT2D eigenvalue weighted by Gasteiger charge is -2.09. The molecule has 1 unspecified atom stereocenters. The zero-order valence-corrected chi connectivity index (χ0v) is 12.0. The van der Waals surface area contributed by atoms with Crippen LogP contribution in [-0.4, -0.2) is 27.7 Å². The first kappa shape index (κ1) is 13.9. The minimum absolute atomic E-state index is 0.564. The van der Waals surface area contributed by atoms with Gasteiger partial charge in [0, 0.05) is 18.2 Å². The van der Waals surface area contributed by atoms with E-state index < -0.39 is 0 Å². The Hall–Kier alpha value is -0.130. The van der Waals surface area contributed by atoms with Crippen LogP contribution in [0.25, 0.3) is 0 Å². The quantitative estimate of drug-likeness (QED) is 0.575. The van der Waals surface area contributed by atoms with Crippen LogP contribution >= 0.6 is 23.3 Å². The summed E-state index contributed by atoms with van der Waals surface area (Å²) in [6.45, 7) is 8.71. The molecule has 0 radical (unpaired) electrons. The minimum Gasteiger partial charge on any atom is -0.316 e. The lowest BCUT2D eigenvalue weighted by molar-refractivity contribution is 0.638. The SMILES string of the molecule is CCCCNCC(C)Sc1nc(CC)ns1. The molecule has 0 aliphatic carbocycles. The van der Waals surface area contributed by atoms with Gasteiger partial charge in [-0.1, -0.05) is 39.0 Å². The van der Waals surface area contributed by atoms with Crippen molar-refractivity contribution in [3.05, 3.63) is 5.82 Å². The van der Waals surface area contributed by atoms with Crippen LogP contribution in [-0.2, 0) is 6.42 Å². The van der Waals surface area contributed by atoms with Gasteiger partial charge in [0.25, 0.3) is 0 Å². The van der Waals surface area contributed by atoms with Crippen LogP contribution in [0.15, 0.2) is 4.34 Å². The molecule has 0 spiro atoms. The van der Waals surface area contributed by atoms with Crippen molar-refractivity contribution in [2.75, 3.05) is 13.1 Å². The second-order valence-corrected chi connectivity index (χ2v) is 6.25. The Morgan fingerprint density at radius 2 is 2.25 bits per heavy atom. The van der Waals surface area contributed by atoms with E-state index in [-0.39, 0.29) is 0 Å². The molecular formula is C11H21N3S2. The van der Waals surface area contributed by atoms with Crippen LogP contribution < -0.4 is 5.32 Å². The van der Waals surface area contributed by atoms with Crippen LogP contribution in [0.2, 0.25) is 0 Å². The number of aryl methyl sites for hydroxylation is 1. The van der Waals surface area contributed by atoms with Crippen molar-refractivity contribution in [1.29, 1.82) is 0 Å². The summed E-state index contributed by atoms with van der Waals surface area (Å²) in [5, 5.41) is 4.03. The molecule has 0 fully saturated rings. The van der Waals surface area contributed by atoms with E-state index in [0.717, 1.165) is 29.7 Å². The maximum atomic E-state index is 4.46. The van der Waals surface area contributed by atoms with E-state index >= 15 is 0 Å². The van der Waals surface area contributed by atoms with Crippen molar-refractivity contribution < 1.29 is 0 Å². The number of hydrogen-bond donors (Lipinski definition) is 1. The molecule has 0 saturated heterocycles. The summed E-state index contributed by atoms with van der Waals surface area (Å²) in [4.78, 5) is 4.46. The Bertz CT molecular complexity index is 289. The second kappa shape index (κ2) is 8.03. The molecule has 1 rings (SSSR count). The van der Waals surface area contributed by atoms with Gasteiger partial charge in [-0.05, 0) is 24.5 Å². The van der Waals surface area contributed by atoms with Crippen molar-refractivity contribution in [2.24, 2.45) is 0 Å². The molecule has 0 aliphatic heterocycles. The lowest BCUT2D eigenvalue weighted by Crippen LogP contribution is -2.23. The number of rotatable bonds is 8. The molecule has 16 heavy (non-hydrogen) atoms. The maximum Gasteiger partial charge on any atom is 0.170 e. The van der Waals surface area contributed by atoms with Crippen LogP contribution in [0, 0.1) is 0 Å². The van der Waals surface area contributed by atoms with Crippen molar-refractivity contribution in [1.82, 2.24) is 14.7 Å². The monoisotopic (exact) mass is 259 g/mol. The zero-order chi connectivity index (χ0) is 11.8. The number of unbranched alkanes of at least 4 members (excludes halogenated alkanes) is 1. The fourth-order valence-electron chi connectivity index (χ4n) is 1.25. The average Bonchev–Trinajstić information content (AvgIpc) is 2.72. The van der Waals surface area contributed by atoms with Gasteiger partial charge in [-0.15, -0.1) is 0 Å². The molecule has 0 aliphatic rings. The first-order valence-corrected chi connectivity index (χ1v) is 7.61. The van der Waals surface area contributed by atoms with Crippen LogP contribution in [0.1, 0.15) is 39.4 Å². The molecule has 1 atom stereocenters. The van der Waals surface area contributed by atoms with Crippen LogP contribution in [0.5, 0.6) is 0 Å². The molecule has 0 amide bonds. The molecule has 0 saturated carbocycles. The summed E-state index contributed by atoms with van der Waals surface area (Å²) in [5.74, 6) is 0.971. The number of nitrogens with one attached hydrogen (secondary N) is 1. The van der Waals surface area contributed by atoms with Crippen molar-refractivity contribution >= 4 is 23.3 Å². The Labute approximate surface area is 107 Å². The predicted octanol–water partition coefficient (Wildman–Crippen LogP) is 2.97. The first-order valence-electron chi connectivity index (χ1n) is 5.96. The van der Waals surface area contributed by atoms with Crippen molar-refractivity contribution in [3.8, 4) is 0 Å². The van der Waals surface area contributed by atoms with Gasteiger partial charge >= 0.3 is 0 Å². The van der Waals surface area contributed by atoms with E-state index in [4.69, 9.17) is 0 Å². The summed E-state index contributed by atoms with van der Waals surface area (Å²) < 4.78 is 5.39. The van der Waals surface area contributed by atoms with Crippen LogP contribution in [0.4, 0.5) is 0 Å². The van der Waals surface area contributed by atoms with Gasteiger partial charge in [0.15, 0.2) is 4.34 Å². The van der Waals surface area contributed by atoms with E-state index in [0.29, 0.717) is 5.25 Å². The largest absolute Gasteiger partial charge is 0.316 e. The third kappa shape index (κ3) is 5.27. The fourth-order valence-corrected chi connectivity index (χ4v) is 3.23. The summed E-state index contributed by atoms with van der Waals surface area (Å²) in [7, 11) is 0. The highest BCUT2D eigenvalue weighted by molar-refractivity contribution is 8.01. The first-order chi connectivity index (χ1) is 7.76. The molecule has 1 aromatic heterocycles. The highest BCUT2D eigenvalue weighted by Gasteiger charge is 2.08. The molecule has 92 valence electrons. The summed E-state index contributed by atoms with van der Waals surface area (Å²) >= 11 is 3.34. The molecule has 1 aromatic rings. The Morgan fingerprint density at radius 1 is 1.44 bits per heavy atom. The molecule has 0 aromatic carbocycles. The zero-order valence-electron chi connectivity index (χ0n) is 10.3. The number of aromatic nitrogens is 2. The van der Waals surface area contributed by atoms with Crippen LogP contribution in [0.3, 0.4) is 0 Å². The summed E-state index contributed by atoms with van der Waals surface area (Å²) in [6.07, 6.45) is 3.45. The lowest BCUT2D eigenvalue weighted by atomic mass is 10.3. The second-order valence-electron chi connectivity index (χ2n) is 3.82. The van der Waals surface area contributed by atoms with Gasteiger partial charge in [0.1, 0.15) is 5.82 Å². The standard InChI is InChI=1S/C11H21N3S2/c1-4-6-7-12-8-9(3)15-11-13-10(5-2)14-16-11/h9,12H,4-8H2,1-3H3. The maximum absolute atomic E-state index is 4.46. The van der Waals surface area contributed by atoms with Gasteiger partial charge in [-0.2, -0.15) is 4.37 Å². The minimum atomic E-state index is 0.564.